The molecule has 0 spiro atoms. The van der Waals surface area contributed by atoms with Gasteiger partial charge in [0.25, 0.3) is 40.9 Å². The number of hydrogen-bond donors (Lipinski definition) is 1. The monoisotopic (exact) mass is 679 g/mol. The van der Waals surface area contributed by atoms with Crippen LogP contribution in [0.5, 0.6) is 23.0 Å². The van der Waals surface area contributed by atoms with Crippen molar-refractivity contribution in [3.8, 4) is 23.0 Å². The van der Waals surface area contributed by atoms with Crippen molar-refractivity contribution >= 4 is 43.9 Å². The maximum atomic E-state index is 13.5. The first kappa shape index (κ1) is 33.5. The second-order valence-corrected chi connectivity index (χ2v) is 11.7. The number of carbonyl (C=O) groups excluding carboxylic acids is 4. The summed E-state index contributed by atoms with van der Waals surface area (Å²) in [5, 5.41) is 3.48. The second-order valence-electron chi connectivity index (χ2n) is 11.1. The summed E-state index contributed by atoms with van der Waals surface area (Å²) in [7, 11) is 2.63. The number of allylic oxidation sites excluding steroid dienone is 4. The van der Waals surface area contributed by atoms with E-state index in [-0.39, 0.29) is 22.3 Å². The van der Waals surface area contributed by atoms with Crippen molar-refractivity contribution in [3.05, 3.63) is 180 Å². The SMILES string of the molecule is C=C/C=C\C(=C/C)[O+](c1ccccc1)c1ccc(N2C(=O)c3ccc(Oc4ccc5c(c4)C(=O)NC5=O)cc3C2=O)cc1.Pc1ccccc1. The van der Waals surface area contributed by atoms with Crippen LogP contribution in [-0.2, 0) is 0 Å². The highest BCUT2D eigenvalue weighted by Crippen LogP contribution is 2.37. The summed E-state index contributed by atoms with van der Waals surface area (Å²) >= 11 is 0. The molecule has 9 heteroatoms. The highest BCUT2D eigenvalue weighted by atomic mass is 31.0. The minimum Gasteiger partial charge on any atom is -0.499 e. The summed E-state index contributed by atoms with van der Waals surface area (Å²) < 4.78 is 9.01. The molecule has 0 bridgehead atoms. The lowest BCUT2D eigenvalue weighted by Crippen LogP contribution is -2.29. The fraction of sp³-hybridized carbons (Fsp3) is 0.0244. The Labute approximate surface area is 291 Å². The van der Waals surface area contributed by atoms with Crippen molar-refractivity contribution in [3.63, 3.8) is 0 Å². The van der Waals surface area contributed by atoms with Crippen LogP contribution in [0, 0.1) is 0 Å². The van der Waals surface area contributed by atoms with Gasteiger partial charge >= 0.3 is 0 Å². The topological polar surface area (TPSA) is 95.5 Å². The van der Waals surface area contributed by atoms with Crippen LogP contribution in [0.2, 0.25) is 0 Å². The first-order chi connectivity index (χ1) is 24.3. The summed E-state index contributed by atoms with van der Waals surface area (Å²) in [4.78, 5) is 51.8. The van der Waals surface area contributed by atoms with Crippen molar-refractivity contribution < 1.29 is 28.3 Å². The normalized spacial score (nSPS) is 13.4. The van der Waals surface area contributed by atoms with Crippen LogP contribution in [0.15, 0.2) is 158 Å². The Morgan fingerprint density at radius 1 is 0.700 bits per heavy atom. The molecule has 2 aliphatic heterocycles. The number of ether oxygens (including phenoxy) is 1. The average molecular weight is 680 g/mol. The van der Waals surface area contributed by atoms with E-state index in [0.717, 1.165) is 22.2 Å². The molecule has 2 aliphatic rings. The van der Waals surface area contributed by atoms with Crippen molar-refractivity contribution in [2.45, 2.75) is 6.92 Å². The van der Waals surface area contributed by atoms with Gasteiger partial charge in [0, 0.05) is 36.4 Å². The third kappa shape index (κ3) is 6.92. The predicted molar refractivity (Wildman–Crippen MR) is 198 cm³/mol. The molecule has 1 N–H and O–H groups in total. The van der Waals surface area contributed by atoms with E-state index < -0.39 is 23.6 Å². The van der Waals surface area contributed by atoms with Crippen molar-refractivity contribution in [1.29, 1.82) is 0 Å². The van der Waals surface area contributed by atoms with Gasteiger partial charge in [-0.15, -0.1) is 9.24 Å². The first-order valence-electron chi connectivity index (χ1n) is 15.6. The molecule has 5 aromatic rings. The van der Waals surface area contributed by atoms with Crippen LogP contribution in [0.25, 0.3) is 0 Å². The van der Waals surface area contributed by atoms with Crippen LogP contribution < -0.4 is 24.6 Å². The largest absolute Gasteiger partial charge is 0.499 e. The molecule has 50 heavy (non-hydrogen) atoms. The minimum atomic E-state index is -0.498. The Balaban J connectivity index is 0.000000552. The van der Waals surface area contributed by atoms with E-state index in [2.05, 4.69) is 25.5 Å². The van der Waals surface area contributed by atoms with Gasteiger partial charge in [-0.3, -0.25) is 24.5 Å². The molecule has 8 nitrogen and oxygen atoms in total. The smallest absolute Gasteiger partial charge is 0.267 e. The van der Waals surface area contributed by atoms with Gasteiger partial charge in [0.15, 0.2) is 0 Å². The molecule has 2 heterocycles. The maximum absolute atomic E-state index is 13.5. The molecule has 5 aromatic carbocycles. The number of nitrogens with zero attached hydrogens (tertiary/aromatic N) is 1. The number of anilines is 1. The van der Waals surface area contributed by atoms with Crippen LogP contribution >= 0.6 is 9.24 Å². The number of hydrogen-bond acceptors (Lipinski definition) is 5. The number of imide groups is 2. The van der Waals surface area contributed by atoms with Gasteiger partial charge in [0.1, 0.15) is 11.5 Å². The third-order valence-corrected chi connectivity index (χ3v) is 8.21. The lowest BCUT2D eigenvalue weighted by Gasteiger charge is -2.23. The average Bonchev–Trinajstić information content (AvgIpc) is 3.56. The number of rotatable bonds is 8. The Hall–Kier alpha value is -6.37. The number of carbonyl (C=O) groups is 4. The first-order valence-corrected chi connectivity index (χ1v) is 16.2. The summed E-state index contributed by atoms with van der Waals surface area (Å²) in [5.41, 5.74) is 1.36. The van der Waals surface area contributed by atoms with Crippen LogP contribution in [0.4, 0.5) is 5.69 Å². The van der Waals surface area contributed by atoms with Gasteiger partial charge in [0.2, 0.25) is 0 Å². The lowest BCUT2D eigenvalue weighted by atomic mass is 10.1. The van der Waals surface area contributed by atoms with Crippen molar-refractivity contribution in [1.82, 2.24) is 5.32 Å². The Morgan fingerprint density at radius 3 is 1.86 bits per heavy atom. The number of nitrogens with one attached hydrogen (secondary N) is 1. The zero-order valence-electron chi connectivity index (χ0n) is 27.0. The highest BCUT2D eigenvalue weighted by molar-refractivity contribution is 7.27. The van der Waals surface area contributed by atoms with Gasteiger partial charge in [-0.1, -0.05) is 67.3 Å². The molecule has 7 rings (SSSR count). The fourth-order valence-corrected chi connectivity index (χ4v) is 5.68. The summed E-state index contributed by atoms with van der Waals surface area (Å²) in [5.74, 6) is 1.20. The third-order valence-electron chi connectivity index (χ3n) is 7.83. The van der Waals surface area contributed by atoms with Crippen molar-refractivity contribution in [2.24, 2.45) is 0 Å². The standard InChI is InChI=1S/C35H24N2O6.C6H7P/c1-3-5-9-25(4-2)43(26-10-7-6-8-11-26)27-16-12-22(13-17-27)37-34(40)29-19-15-24(21-31(29)35(37)41)42-23-14-18-28-30(20-23)33(39)36-32(28)38;7-6-4-2-1-3-5-6/h3-21H,1H2,2H3;1-5H,7H2/p+1/b9-5-,25-4+;. The van der Waals surface area contributed by atoms with Gasteiger partial charge < -0.3 is 9.10 Å². The summed E-state index contributed by atoms with van der Waals surface area (Å²) in [6, 6.07) is 36.1. The molecule has 0 saturated carbocycles. The predicted octanol–water partition coefficient (Wildman–Crippen LogP) is 8.32. The van der Waals surface area contributed by atoms with Crippen LogP contribution in [0.1, 0.15) is 48.4 Å². The van der Waals surface area contributed by atoms with Gasteiger partial charge in [0.05, 0.1) is 27.9 Å². The van der Waals surface area contributed by atoms with Gasteiger partial charge in [-0.05, 0) is 60.8 Å². The molecule has 4 amide bonds. The van der Waals surface area contributed by atoms with Crippen LogP contribution in [0.3, 0.4) is 0 Å². The molecular weight excluding hydrogens is 647 g/mol. The zero-order valence-corrected chi connectivity index (χ0v) is 28.2. The molecule has 0 radical (unpaired) electrons. The fourth-order valence-electron chi connectivity index (χ4n) is 5.46. The number of para-hydroxylation sites is 1. The summed E-state index contributed by atoms with van der Waals surface area (Å²) in [6.45, 7) is 5.69. The zero-order chi connectivity index (χ0) is 35.2. The molecule has 1 atom stereocenters. The van der Waals surface area contributed by atoms with E-state index in [1.807, 2.05) is 97.9 Å². The molecule has 0 fully saturated rings. The van der Waals surface area contributed by atoms with E-state index in [4.69, 9.17) is 4.74 Å². The Morgan fingerprint density at radius 2 is 1.26 bits per heavy atom. The lowest BCUT2D eigenvalue weighted by molar-refractivity contribution is 0.0874. The molecule has 246 valence electrons. The molecular formula is C41H32N2O6P+. The van der Waals surface area contributed by atoms with E-state index in [0.29, 0.717) is 17.2 Å². The highest BCUT2D eigenvalue weighted by Gasteiger charge is 2.37. The summed E-state index contributed by atoms with van der Waals surface area (Å²) in [6.07, 6.45) is 7.40. The Kier molecular flexibility index (Phi) is 9.93. The van der Waals surface area contributed by atoms with E-state index in [9.17, 15) is 19.2 Å². The maximum Gasteiger partial charge on any atom is 0.267 e. The number of amides is 4. The van der Waals surface area contributed by atoms with Crippen LogP contribution in [-0.4, -0.2) is 23.6 Å². The molecule has 0 aromatic heterocycles. The Bertz CT molecular complexity index is 2180. The minimum absolute atomic E-state index is 0.201. The molecule has 0 saturated heterocycles. The van der Waals surface area contributed by atoms with Gasteiger partial charge in [-0.2, -0.15) is 0 Å². The van der Waals surface area contributed by atoms with E-state index in [1.165, 1.54) is 23.5 Å². The quantitative estimate of drug-likeness (QED) is 0.0585. The number of benzene rings is 5. The van der Waals surface area contributed by atoms with E-state index >= 15 is 0 Å². The molecule has 1 unspecified atom stereocenters. The van der Waals surface area contributed by atoms with Crippen molar-refractivity contribution in [2.75, 3.05) is 4.90 Å². The second kappa shape index (κ2) is 14.8. The molecule has 0 aliphatic carbocycles. The van der Waals surface area contributed by atoms with Gasteiger partial charge in [-0.25, -0.2) is 4.90 Å². The number of fused-ring (bicyclic) bond motifs is 2. The van der Waals surface area contributed by atoms with E-state index in [1.54, 1.807) is 36.4 Å².